The highest BCUT2D eigenvalue weighted by atomic mass is 79.9. The Bertz CT molecular complexity index is 1390. The van der Waals surface area contributed by atoms with Crippen LogP contribution in [0.2, 0.25) is 0 Å². The fourth-order valence-electron chi connectivity index (χ4n) is 3.72. The number of hydrogen-bond donors (Lipinski definition) is 3. The molecule has 0 atom stereocenters. The molecule has 0 aliphatic rings. The van der Waals surface area contributed by atoms with Crippen LogP contribution >= 0.6 is 28.1 Å². The number of nitrogens with one attached hydrogen (secondary N) is 3. The molecule has 0 aromatic heterocycles. The summed E-state index contributed by atoms with van der Waals surface area (Å²) in [7, 11) is 0. The van der Waals surface area contributed by atoms with Crippen molar-refractivity contribution in [3.05, 3.63) is 112 Å². The maximum absolute atomic E-state index is 12.9. The summed E-state index contributed by atoms with van der Waals surface area (Å²) in [5.74, 6) is -0.295. The molecule has 0 spiro atoms. The average Bonchev–Trinajstić information content (AvgIpc) is 2.89. The zero-order valence-corrected chi connectivity index (χ0v) is 21.7. The van der Waals surface area contributed by atoms with Crippen molar-refractivity contribution in [1.29, 1.82) is 0 Å². The number of carbonyl (C=O) groups excluding carboxylic acids is 2. The molecule has 0 unspecified atom stereocenters. The lowest BCUT2D eigenvalue weighted by atomic mass is 10.0. The molecular formula is C28H24BrN3O3S. The number of thiocarbonyl (C=S) groups is 1. The van der Waals surface area contributed by atoms with Crippen molar-refractivity contribution in [2.75, 3.05) is 6.61 Å². The Labute approximate surface area is 223 Å². The van der Waals surface area contributed by atoms with Crippen LogP contribution in [0.25, 0.3) is 10.8 Å². The summed E-state index contributed by atoms with van der Waals surface area (Å²) in [6.07, 6.45) is 0.872. The maximum Gasteiger partial charge on any atom is 0.261 e. The summed E-state index contributed by atoms with van der Waals surface area (Å²) in [6.45, 7) is 0.416. The zero-order valence-electron chi connectivity index (χ0n) is 19.3. The van der Waals surface area contributed by atoms with E-state index in [0.29, 0.717) is 24.3 Å². The molecule has 0 saturated heterocycles. The number of halogens is 1. The summed E-state index contributed by atoms with van der Waals surface area (Å²) >= 11 is 8.60. The van der Waals surface area contributed by atoms with E-state index in [4.69, 9.17) is 17.0 Å². The highest BCUT2D eigenvalue weighted by Gasteiger charge is 2.15. The largest absolute Gasteiger partial charge is 0.492 e. The van der Waals surface area contributed by atoms with Gasteiger partial charge in [-0.05, 0) is 52.3 Å². The molecule has 4 aromatic carbocycles. The summed E-state index contributed by atoms with van der Waals surface area (Å²) in [4.78, 5) is 25.4. The fraction of sp³-hybridized carbons (Fsp3) is 0.107. The van der Waals surface area contributed by atoms with Crippen LogP contribution in [0.15, 0.2) is 95.5 Å². The molecule has 0 aliphatic carbocycles. The van der Waals surface area contributed by atoms with Gasteiger partial charge in [0, 0.05) is 10.9 Å². The molecule has 0 saturated carbocycles. The Morgan fingerprint density at radius 1 is 0.861 bits per heavy atom. The molecule has 0 fully saturated rings. The molecule has 0 radical (unpaired) electrons. The van der Waals surface area contributed by atoms with Crippen LogP contribution < -0.4 is 20.9 Å². The van der Waals surface area contributed by atoms with Crippen LogP contribution in [0.4, 0.5) is 0 Å². The number of hydrazine groups is 1. The van der Waals surface area contributed by atoms with E-state index in [1.807, 2.05) is 72.8 Å². The van der Waals surface area contributed by atoms with Crippen molar-refractivity contribution >= 4 is 55.8 Å². The van der Waals surface area contributed by atoms with Crippen LogP contribution in [0.3, 0.4) is 0 Å². The smallest absolute Gasteiger partial charge is 0.261 e. The van der Waals surface area contributed by atoms with Crippen molar-refractivity contribution in [3.63, 3.8) is 0 Å². The van der Waals surface area contributed by atoms with Gasteiger partial charge in [-0.25, -0.2) is 0 Å². The van der Waals surface area contributed by atoms with Gasteiger partial charge in [-0.1, -0.05) is 88.7 Å². The van der Waals surface area contributed by atoms with E-state index in [1.54, 1.807) is 18.2 Å². The zero-order chi connectivity index (χ0) is 25.3. The minimum Gasteiger partial charge on any atom is -0.492 e. The fourth-order valence-corrected chi connectivity index (χ4v) is 4.23. The Morgan fingerprint density at radius 3 is 2.44 bits per heavy atom. The van der Waals surface area contributed by atoms with E-state index < -0.39 is 5.91 Å². The summed E-state index contributed by atoms with van der Waals surface area (Å²) in [5, 5.41) is 4.64. The third kappa shape index (κ3) is 6.90. The van der Waals surface area contributed by atoms with Gasteiger partial charge >= 0.3 is 0 Å². The number of ether oxygens (including phenoxy) is 1. The molecule has 0 heterocycles. The number of fused-ring (bicyclic) bond motifs is 1. The molecule has 6 nitrogen and oxygen atoms in total. The van der Waals surface area contributed by atoms with Crippen molar-refractivity contribution in [1.82, 2.24) is 16.2 Å². The number of benzene rings is 4. The molecular weight excluding hydrogens is 538 g/mol. The second-order valence-electron chi connectivity index (χ2n) is 8.00. The van der Waals surface area contributed by atoms with Crippen molar-refractivity contribution in [2.24, 2.45) is 0 Å². The maximum atomic E-state index is 12.9. The standard InChI is InChI=1S/C28H24BrN3O3S/c29-22-13-14-25(35-16-15-19-7-2-1-3-8-19)24(18-22)27(34)30-28(36)32-31-26(33)17-21-11-6-10-20-9-4-5-12-23(20)21/h1-14,18H,15-17H2,(H,31,33)(H2,30,32,34,36). The highest BCUT2D eigenvalue weighted by Crippen LogP contribution is 2.24. The first kappa shape index (κ1) is 25.3. The monoisotopic (exact) mass is 561 g/mol. The highest BCUT2D eigenvalue weighted by molar-refractivity contribution is 9.10. The van der Waals surface area contributed by atoms with Crippen molar-refractivity contribution in [2.45, 2.75) is 12.8 Å². The van der Waals surface area contributed by atoms with Gasteiger partial charge in [0.25, 0.3) is 5.91 Å². The molecule has 3 N–H and O–H groups in total. The van der Waals surface area contributed by atoms with E-state index in [-0.39, 0.29) is 17.4 Å². The number of rotatable bonds is 7. The first-order valence-electron chi connectivity index (χ1n) is 11.3. The minimum absolute atomic E-state index is 0.0264. The third-order valence-corrected chi connectivity index (χ3v) is 6.15. The normalized spacial score (nSPS) is 10.5. The second kappa shape index (κ2) is 12.3. The van der Waals surface area contributed by atoms with Gasteiger partial charge in [0.2, 0.25) is 5.91 Å². The number of amides is 2. The van der Waals surface area contributed by atoms with Gasteiger partial charge in [0.15, 0.2) is 5.11 Å². The SMILES string of the molecule is O=C(Cc1cccc2ccccc12)NNC(=S)NC(=O)c1cc(Br)ccc1OCCc1ccccc1. The first-order valence-corrected chi connectivity index (χ1v) is 12.5. The Kier molecular flexibility index (Phi) is 8.65. The lowest BCUT2D eigenvalue weighted by molar-refractivity contribution is -0.121. The van der Waals surface area contributed by atoms with E-state index in [9.17, 15) is 9.59 Å². The number of carbonyl (C=O) groups is 2. The molecule has 182 valence electrons. The van der Waals surface area contributed by atoms with Gasteiger partial charge < -0.3 is 4.74 Å². The lowest BCUT2D eigenvalue weighted by Crippen LogP contribution is -2.48. The van der Waals surface area contributed by atoms with Gasteiger partial charge in [0.1, 0.15) is 5.75 Å². The van der Waals surface area contributed by atoms with Gasteiger partial charge in [-0.2, -0.15) is 0 Å². The Morgan fingerprint density at radius 2 is 1.61 bits per heavy atom. The summed E-state index contributed by atoms with van der Waals surface area (Å²) in [6, 6.07) is 28.9. The summed E-state index contributed by atoms with van der Waals surface area (Å²) < 4.78 is 6.61. The van der Waals surface area contributed by atoms with Gasteiger partial charge in [-0.15, -0.1) is 0 Å². The van der Waals surface area contributed by atoms with Crippen molar-refractivity contribution in [3.8, 4) is 5.75 Å². The molecule has 2 amide bonds. The Balaban J connectivity index is 1.31. The molecule has 0 bridgehead atoms. The first-order chi connectivity index (χ1) is 17.5. The Hall–Kier alpha value is -3.75. The van der Waals surface area contributed by atoms with E-state index in [2.05, 4.69) is 32.1 Å². The topological polar surface area (TPSA) is 79.5 Å². The van der Waals surface area contributed by atoms with Crippen molar-refractivity contribution < 1.29 is 14.3 Å². The minimum atomic E-state index is -0.452. The average molecular weight is 562 g/mol. The van der Waals surface area contributed by atoms with E-state index >= 15 is 0 Å². The molecule has 4 aromatic rings. The summed E-state index contributed by atoms with van der Waals surface area (Å²) in [5.41, 5.74) is 7.51. The predicted octanol–water partition coefficient (Wildman–Crippen LogP) is 5.10. The molecule has 36 heavy (non-hydrogen) atoms. The van der Waals surface area contributed by atoms with Gasteiger partial charge in [-0.3, -0.25) is 25.8 Å². The molecule has 4 rings (SSSR count). The van der Waals surface area contributed by atoms with Crippen LogP contribution in [0, 0.1) is 0 Å². The third-order valence-electron chi connectivity index (χ3n) is 5.45. The molecule has 8 heteroatoms. The van der Waals surface area contributed by atoms with Gasteiger partial charge in [0.05, 0.1) is 18.6 Å². The number of hydrogen-bond acceptors (Lipinski definition) is 4. The van der Waals surface area contributed by atoms with E-state index in [1.165, 1.54) is 0 Å². The second-order valence-corrected chi connectivity index (χ2v) is 9.32. The van der Waals surface area contributed by atoms with Crippen LogP contribution in [-0.4, -0.2) is 23.5 Å². The van der Waals surface area contributed by atoms with E-state index in [0.717, 1.165) is 26.4 Å². The van der Waals surface area contributed by atoms with Crippen LogP contribution in [0.5, 0.6) is 5.75 Å². The van der Waals surface area contributed by atoms with Crippen LogP contribution in [-0.2, 0) is 17.6 Å². The quantitative estimate of drug-likeness (QED) is 0.216. The van der Waals surface area contributed by atoms with Crippen LogP contribution in [0.1, 0.15) is 21.5 Å². The predicted molar refractivity (Wildman–Crippen MR) is 149 cm³/mol. The lowest BCUT2D eigenvalue weighted by Gasteiger charge is -2.14. The molecule has 0 aliphatic heterocycles.